The molecule has 0 fully saturated rings. The zero-order chi connectivity index (χ0) is 13.9. The van der Waals surface area contributed by atoms with Crippen molar-refractivity contribution >= 4 is 17.3 Å². The molecule has 8 heteroatoms. The molecule has 1 heterocycles. The lowest BCUT2D eigenvalue weighted by Gasteiger charge is -2.19. The maximum Gasteiger partial charge on any atom is 0.306 e. The minimum absolute atomic E-state index is 0.150. The smallest absolute Gasteiger partial charge is 0.306 e. The van der Waals surface area contributed by atoms with Crippen LogP contribution in [0.3, 0.4) is 0 Å². The third-order valence-corrected chi connectivity index (χ3v) is 2.76. The Kier molecular flexibility index (Phi) is 4.97. The van der Waals surface area contributed by atoms with Crippen molar-refractivity contribution in [3.05, 3.63) is 32.6 Å². The standard InChI is InChI=1S/C10H14ClN3O4/c1-5-6(9(16)8(15)4-12-2)3-7(14(17)18)10(11)13-5/h3,8-9,12,15-16H,4H2,1-2H3. The van der Waals surface area contributed by atoms with Gasteiger partial charge in [-0.05, 0) is 14.0 Å². The number of nitro groups is 1. The molecule has 0 aliphatic carbocycles. The monoisotopic (exact) mass is 275 g/mol. The van der Waals surface area contributed by atoms with Crippen LogP contribution in [0.25, 0.3) is 0 Å². The Morgan fingerprint density at radius 3 is 2.72 bits per heavy atom. The summed E-state index contributed by atoms with van der Waals surface area (Å²) in [6.45, 7) is 1.71. The fourth-order valence-corrected chi connectivity index (χ4v) is 1.79. The predicted octanol–water partition coefficient (Wildman–Crippen LogP) is 0.565. The van der Waals surface area contributed by atoms with Gasteiger partial charge in [-0.2, -0.15) is 0 Å². The molecule has 0 aromatic carbocycles. The van der Waals surface area contributed by atoms with E-state index in [1.165, 1.54) is 0 Å². The lowest BCUT2D eigenvalue weighted by atomic mass is 10.0. The zero-order valence-electron chi connectivity index (χ0n) is 9.92. The highest BCUT2D eigenvalue weighted by molar-refractivity contribution is 6.31. The number of aliphatic hydroxyl groups is 2. The van der Waals surface area contributed by atoms with Gasteiger partial charge in [-0.3, -0.25) is 10.1 Å². The molecule has 0 aliphatic rings. The van der Waals surface area contributed by atoms with E-state index < -0.39 is 22.8 Å². The molecule has 100 valence electrons. The third-order valence-electron chi connectivity index (χ3n) is 2.48. The van der Waals surface area contributed by atoms with Crippen LogP contribution < -0.4 is 5.32 Å². The number of aryl methyl sites for hydroxylation is 1. The van der Waals surface area contributed by atoms with Gasteiger partial charge in [0.1, 0.15) is 6.10 Å². The van der Waals surface area contributed by atoms with E-state index in [0.717, 1.165) is 6.07 Å². The largest absolute Gasteiger partial charge is 0.389 e. The Bertz CT molecular complexity index is 455. The topological polar surface area (TPSA) is 109 Å². The number of aliphatic hydroxyl groups excluding tert-OH is 2. The zero-order valence-corrected chi connectivity index (χ0v) is 10.7. The van der Waals surface area contributed by atoms with Gasteiger partial charge in [-0.1, -0.05) is 11.6 Å². The molecule has 1 aromatic rings. The molecule has 0 bridgehead atoms. The molecule has 0 spiro atoms. The van der Waals surface area contributed by atoms with Crippen molar-refractivity contribution in [3.63, 3.8) is 0 Å². The summed E-state index contributed by atoms with van der Waals surface area (Å²) in [7, 11) is 1.62. The van der Waals surface area contributed by atoms with E-state index in [-0.39, 0.29) is 17.3 Å². The molecule has 0 radical (unpaired) electrons. The maximum atomic E-state index is 10.7. The average Bonchev–Trinajstić information content (AvgIpc) is 2.28. The number of pyridine rings is 1. The molecule has 0 amide bonds. The van der Waals surface area contributed by atoms with Crippen molar-refractivity contribution in [2.24, 2.45) is 0 Å². The highest BCUT2D eigenvalue weighted by Crippen LogP contribution is 2.29. The molecule has 18 heavy (non-hydrogen) atoms. The van der Waals surface area contributed by atoms with Crippen LogP contribution in [-0.4, -0.2) is 39.8 Å². The number of hydrogen-bond acceptors (Lipinski definition) is 6. The summed E-state index contributed by atoms with van der Waals surface area (Å²) in [5, 5.41) is 32.7. The first-order valence-electron chi connectivity index (χ1n) is 5.20. The minimum Gasteiger partial charge on any atom is -0.389 e. The van der Waals surface area contributed by atoms with Crippen molar-refractivity contribution < 1.29 is 15.1 Å². The van der Waals surface area contributed by atoms with Crippen LogP contribution in [0, 0.1) is 17.0 Å². The van der Waals surface area contributed by atoms with Gasteiger partial charge in [0.25, 0.3) is 0 Å². The second-order valence-electron chi connectivity index (χ2n) is 3.80. The molecule has 3 N–H and O–H groups in total. The van der Waals surface area contributed by atoms with E-state index in [4.69, 9.17) is 11.6 Å². The average molecular weight is 276 g/mol. The first-order valence-corrected chi connectivity index (χ1v) is 5.58. The van der Waals surface area contributed by atoms with Gasteiger partial charge in [0.05, 0.1) is 11.0 Å². The Balaban J connectivity index is 3.15. The molecule has 2 unspecified atom stereocenters. The third kappa shape index (κ3) is 3.14. The Labute approximate surface area is 109 Å². The van der Waals surface area contributed by atoms with E-state index in [2.05, 4.69) is 10.3 Å². The van der Waals surface area contributed by atoms with Gasteiger partial charge in [0.2, 0.25) is 5.15 Å². The van der Waals surface area contributed by atoms with Crippen molar-refractivity contribution in [1.29, 1.82) is 0 Å². The summed E-state index contributed by atoms with van der Waals surface area (Å²) >= 11 is 5.63. The minimum atomic E-state index is -1.26. The second kappa shape index (κ2) is 6.05. The molecular formula is C10H14ClN3O4. The summed E-state index contributed by atoms with van der Waals surface area (Å²) in [6, 6.07) is 1.13. The number of halogens is 1. The lowest BCUT2D eigenvalue weighted by Crippen LogP contribution is -2.30. The maximum absolute atomic E-state index is 10.7. The molecule has 0 aliphatic heterocycles. The summed E-state index contributed by atoms with van der Waals surface area (Å²) in [5.41, 5.74) is 0.134. The molecule has 2 atom stereocenters. The van der Waals surface area contributed by atoms with Crippen LogP contribution >= 0.6 is 11.6 Å². The number of rotatable bonds is 5. The van der Waals surface area contributed by atoms with Crippen LogP contribution in [0.15, 0.2) is 6.07 Å². The van der Waals surface area contributed by atoms with E-state index in [1.807, 2.05) is 0 Å². The quantitative estimate of drug-likeness (QED) is 0.412. The first kappa shape index (κ1) is 14.8. The van der Waals surface area contributed by atoms with Crippen molar-refractivity contribution in [1.82, 2.24) is 10.3 Å². The highest BCUT2D eigenvalue weighted by Gasteiger charge is 2.25. The summed E-state index contributed by atoms with van der Waals surface area (Å²) < 4.78 is 0. The Morgan fingerprint density at radius 1 is 1.61 bits per heavy atom. The van der Waals surface area contributed by atoms with E-state index in [0.29, 0.717) is 5.69 Å². The SMILES string of the molecule is CNCC(O)C(O)c1cc([N+](=O)[O-])c(Cl)nc1C. The van der Waals surface area contributed by atoms with Crippen LogP contribution in [0.2, 0.25) is 5.15 Å². The lowest BCUT2D eigenvalue weighted by molar-refractivity contribution is -0.385. The van der Waals surface area contributed by atoms with Gasteiger partial charge in [-0.15, -0.1) is 0 Å². The molecule has 7 nitrogen and oxygen atoms in total. The summed E-state index contributed by atoms with van der Waals surface area (Å²) in [5.74, 6) is 0. The van der Waals surface area contributed by atoms with Crippen LogP contribution in [0.4, 0.5) is 5.69 Å². The van der Waals surface area contributed by atoms with Gasteiger partial charge in [0.15, 0.2) is 0 Å². The summed E-state index contributed by atoms with van der Waals surface area (Å²) in [6.07, 6.45) is -2.35. The predicted molar refractivity (Wildman–Crippen MR) is 65.5 cm³/mol. The molecular weight excluding hydrogens is 262 g/mol. The van der Waals surface area contributed by atoms with Crippen LogP contribution in [0.1, 0.15) is 17.4 Å². The van der Waals surface area contributed by atoms with Crippen molar-refractivity contribution in [2.45, 2.75) is 19.1 Å². The summed E-state index contributed by atoms with van der Waals surface area (Å²) in [4.78, 5) is 13.8. The normalized spacial score (nSPS) is 14.3. The number of aromatic nitrogens is 1. The van der Waals surface area contributed by atoms with Gasteiger partial charge in [0, 0.05) is 23.9 Å². The van der Waals surface area contributed by atoms with Gasteiger partial charge >= 0.3 is 5.69 Å². The number of hydrogen-bond donors (Lipinski definition) is 3. The molecule has 0 saturated heterocycles. The fourth-order valence-electron chi connectivity index (χ4n) is 1.54. The molecule has 0 saturated carbocycles. The Morgan fingerprint density at radius 2 is 2.22 bits per heavy atom. The fraction of sp³-hybridized carbons (Fsp3) is 0.500. The van der Waals surface area contributed by atoms with E-state index in [9.17, 15) is 20.3 Å². The van der Waals surface area contributed by atoms with E-state index in [1.54, 1.807) is 14.0 Å². The van der Waals surface area contributed by atoms with Gasteiger partial charge < -0.3 is 15.5 Å². The van der Waals surface area contributed by atoms with Crippen LogP contribution in [0.5, 0.6) is 0 Å². The van der Waals surface area contributed by atoms with Crippen molar-refractivity contribution in [2.75, 3.05) is 13.6 Å². The van der Waals surface area contributed by atoms with Crippen LogP contribution in [-0.2, 0) is 0 Å². The Hall–Kier alpha value is -1.28. The molecule has 1 rings (SSSR count). The van der Waals surface area contributed by atoms with Crippen molar-refractivity contribution in [3.8, 4) is 0 Å². The van der Waals surface area contributed by atoms with Gasteiger partial charge in [-0.25, -0.2) is 4.98 Å². The molecule has 1 aromatic heterocycles. The van der Waals surface area contributed by atoms with E-state index >= 15 is 0 Å². The number of nitrogens with zero attached hydrogens (tertiary/aromatic N) is 2. The number of likely N-dealkylation sites (N-methyl/N-ethyl adjacent to an activating group) is 1. The number of nitrogens with one attached hydrogen (secondary N) is 1. The first-order chi connectivity index (χ1) is 8.38. The second-order valence-corrected chi connectivity index (χ2v) is 4.16. The highest BCUT2D eigenvalue weighted by atomic mass is 35.5.